The number of nitrogens with zero attached hydrogens (tertiary/aromatic N) is 1. The van der Waals surface area contributed by atoms with Crippen LogP contribution in [0.3, 0.4) is 0 Å². The summed E-state index contributed by atoms with van der Waals surface area (Å²) in [5, 5.41) is 3.01. The maximum atomic E-state index is 12.0. The van der Waals surface area contributed by atoms with Gasteiger partial charge in [0.2, 0.25) is 5.91 Å². The summed E-state index contributed by atoms with van der Waals surface area (Å²) in [6.45, 7) is 8.35. The lowest BCUT2D eigenvalue weighted by molar-refractivity contribution is -0.116. The van der Waals surface area contributed by atoms with Crippen molar-refractivity contribution in [2.75, 3.05) is 31.6 Å². The van der Waals surface area contributed by atoms with E-state index in [1.54, 1.807) is 0 Å². The lowest BCUT2D eigenvalue weighted by Gasteiger charge is -2.26. The van der Waals surface area contributed by atoms with Crippen LogP contribution in [-0.2, 0) is 16.1 Å². The Kier molecular flexibility index (Phi) is 11.2. The first-order chi connectivity index (χ1) is 10.5. The van der Waals surface area contributed by atoms with Gasteiger partial charge in [0.15, 0.2) is 0 Å². The third-order valence-corrected chi connectivity index (χ3v) is 3.91. The number of morpholine rings is 1. The Morgan fingerprint density at radius 1 is 1.33 bits per heavy atom. The number of ether oxygens (including phenoxy) is 1. The Morgan fingerprint density at radius 3 is 2.62 bits per heavy atom. The van der Waals surface area contributed by atoms with E-state index in [1.807, 2.05) is 13.8 Å². The number of nitrogens with two attached hydrogens (primary N) is 1. The van der Waals surface area contributed by atoms with E-state index in [2.05, 4.69) is 28.4 Å². The van der Waals surface area contributed by atoms with Crippen molar-refractivity contribution in [3.8, 4) is 0 Å². The van der Waals surface area contributed by atoms with E-state index in [0.717, 1.165) is 44.1 Å². The molecule has 24 heavy (non-hydrogen) atoms. The zero-order chi connectivity index (χ0) is 15.9. The van der Waals surface area contributed by atoms with Crippen LogP contribution in [0.5, 0.6) is 0 Å². The van der Waals surface area contributed by atoms with Crippen LogP contribution in [0, 0.1) is 6.92 Å². The normalized spacial score (nSPS) is 15.8. The van der Waals surface area contributed by atoms with E-state index in [-0.39, 0.29) is 36.8 Å². The molecular weight excluding hydrogens is 349 g/mol. The fourth-order valence-electron chi connectivity index (χ4n) is 2.49. The van der Waals surface area contributed by atoms with Crippen LogP contribution in [0.15, 0.2) is 18.2 Å². The molecule has 1 saturated heterocycles. The quantitative estimate of drug-likeness (QED) is 0.799. The van der Waals surface area contributed by atoms with E-state index in [4.69, 9.17) is 10.5 Å². The molecule has 2 rings (SSSR count). The maximum Gasteiger partial charge on any atom is 0.224 e. The van der Waals surface area contributed by atoms with Crippen molar-refractivity contribution in [2.24, 2.45) is 5.73 Å². The highest BCUT2D eigenvalue weighted by Crippen LogP contribution is 2.19. The Hall–Kier alpha value is -0.850. The Labute approximate surface area is 157 Å². The summed E-state index contributed by atoms with van der Waals surface area (Å²) < 4.78 is 5.37. The van der Waals surface area contributed by atoms with Crippen LogP contribution in [0.1, 0.15) is 30.9 Å². The zero-order valence-corrected chi connectivity index (χ0v) is 16.0. The molecule has 1 atom stereocenters. The van der Waals surface area contributed by atoms with Crippen molar-refractivity contribution >= 4 is 36.4 Å². The first kappa shape index (κ1) is 23.1. The van der Waals surface area contributed by atoms with E-state index >= 15 is 0 Å². The van der Waals surface area contributed by atoms with E-state index < -0.39 is 0 Å². The molecule has 0 saturated carbocycles. The van der Waals surface area contributed by atoms with Gasteiger partial charge in [0.1, 0.15) is 0 Å². The molecule has 0 aromatic heterocycles. The lowest BCUT2D eigenvalue weighted by atomic mass is 10.1. The minimum Gasteiger partial charge on any atom is -0.379 e. The highest BCUT2D eigenvalue weighted by atomic mass is 35.5. The highest BCUT2D eigenvalue weighted by Gasteiger charge is 2.12. The molecule has 138 valence electrons. The fourth-order valence-corrected chi connectivity index (χ4v) is 2.49. The standard InChI is InChI=1S/C17H27N3O2.2ClH/c1-13-3-5-15(12-20-7-9-22-10-8-20)11-16(13)19-17(21)6-4-14(2)18;;/h3,5,11,14H,4,6-10,12,18H2,1-2H3,(H,19,21);2*1H. The molecular formula is C17H29Cl2N3O2. The van der Waals surface area contributed by atoms with Gasteiger partial charge in [-0.2, -0.15) is 0 Å². The van der Waals surface area contributed by atoms with Crippen LogP contribution in [0.25, 0.3) is 0 Å². The van der Waals surface area contributed by atoms with Crippen molar-refractivity contribution in [1.82, 2.24) is 4.90 Å². The number of benzene rings is 1. The van der Waals surface area contributed by atoms with Crippen molar-refractivity contribution in [3.05, 3.63) is 29.3 Å². The average Bonchev–Trinajstić information content (AvgIpc) is 2.50. The van der Waals surface area contributed by atoms with Crippen LogP contribution in [0.4, 0.5) is 5.69 Å². The molecule has 1 fully saturated rings. The molecule has 7 heteroatoms. The summed E-state index contributed by atoms with van der Waals surface area (Å²) in [4.78, 5) is 14.3. The van der Waals surface area contributed by atoms with Gasteiger partial charge >= 0.3 is 0 Å². The van der Waals surface area contributed by atoms with Gasteiger partial charge in [0.25, 0.3) is 0 Å². The molecule has 1 aliphatic heterocycles. The average molecular weight is 378 g/mol. The summed E-state index contributed by atoms with van der Waals surface area (Å²) in [5.74, 6) is 0.0314. The topological polar surface area (TPSA) is 67.6 Å². The number of aryl methyl sites for hydroxylation is 1. The van der Waals surface area contributed by atoms with E-state index in [9.17, 15) is 4.79 Å². The summed E-state index contributed by atoms with van der Waals surface area (Å²) >= 11 is 0. The van der Waals surface area contributed by atoms with E-state index in [1.165, 1.54) is 5.56 Å². The number of nitrogens with one attached hydrogen (secondary N) is 1. The number of hydrogen-bond donors (Lipinski definition) is 2. The Morgan fingerprint density at radius 2 is 2.00 bits per heavy atom. The molecule has 1 amide bonds. The third kappa shape index (κ3) is 7.81. The van der Waals surface area contributed by atoms with Crippen LogP contribution in [-0.4, -0.2) is 43.2 Å². The van der Waals surface area contributed by atoms with Crippen LogP contribution >= 0.6 is 24.8 Å². The third-order valence-electron chi connectivity index (χ3n) is 3.91. The second kappa shape index (κ2) is 11.7. The summed E-state index contributed by atoms with van der Waals surface area (Å²) in [6, 6.07) is 6.33. The van der Waals surface area contributed by atoms with Crippen LogP contribution in [0.2, 0.25) is 0 Å². The number of anilines is 1. The number of carbonyl (C=O) groups is 1. The smallest absolute Gasteiger partial charge is 0.224 e. The first-order valence-corrected chi connectivity index (χ1v) is 7.99. The Bertz CT molecular complexity index is 507. The van der Waals surface area contributed by atoms with Gasteiger partial charge in [-0.1, -0.05) is 12.1 Å². The van der Waals surface area contributed by atoms with Crippen molar-refractivity contribution in [2.45, 2.75) is 39.3 Å². The van der Waals surface area contributed by atoms with E-state index in [0.29, 0.717) is 12.8 Å². The zero-order valence-electron chi connectivity index (χ0n) is 14.4. The van der Waals surface area contributed by atoms with Gasteiger partial charge in [-0.15, -0.1) is 24.8 Å². The predicted octanol–water partition coefficient (Wildman–Crippen LogP) is 2.74. The second-order valence-electron chi connectivity index (χ2n) is 6.10. The minimum absolute atomic E-state index is 0. The van der Waals surface area contributed by atoms with Gasteiger partial charge in [-0.3, -0.25) is 9.69 Å². The van der Waals surface area contributed by atoms with Crippen molar-refractivity contribution in [3.63, 3.8) is 0 Å². The molecule has 0 aliphatic carbocycles. The summed E-state index contributed by atoms with van der Waals surface area (Å²) in [5.41, 5.74) is 8.90. The van der Waals surface area contributed by atoms with Gasteiger partial charge in [-0.25, -0.2) is 0 Å². The largest absolute Gasteiger partial charge is 0.379 e. The molecule has 0 radical (unpaired) electrons. The van der Waals surface area contributed by atoms with Gasteiger partial charge in [0.05, 0.1) is 13.2 Å². The molecule has 1 unspecified atom stereocenters. The second-order valence-corrected chi connectivity index (χ2v) is 6.10. The fraction of sp³-hybridized carbons (Fsp3) is 0.588. The monoisotopic (exact) mass is 377 g/mol. The number of rotatable bonds is 6. The number of carbonyl (C=O) groups excluding carboxylic acids is 1. The lowest BCUT2D eigenvalue weighted by Crippen LogP contribution is -2.35. The number of hydrogen-bond acceptors (Lipinski definition) is 4. The molecule has 1 aromatic rings. The molecule has 5 nitrogen and oxygen atoms in total. The van der Waals surface area contributed by atoms with Crippen molar-refractivity contribution < 1.29 is 9.53 Å². The molecule has 3 N–H and O–H groups in total. The van der Waals surface area contributed by atoms with Gasteiger partial charge in [0, 0.05) is 37.8 Å². The highest BCUT2D eigenvalue weighted by molar-refractivity contribution is 5.91. The SMILES string of the molecule is Cc1ccc(CN2CCOCC2)cc1NC(=O)CCC(C)N.Cl.Cl. The van der Waals surface area contributed by atoms with Crippen molar-refractivity contribution in [1.29, 1.82) is 0 Å². The summed E-state index contributed by atoms with van der Waals surface area (Å²) in [7, 11) is 0. The Balaban J connectivity index is 0.00000264. The molecule has 1 aromatic carbocycles. The molecule has 0 spiro atoms. The molecule has 0 bridgehead atoms. The number of amides is 1. The maximum absolute atomic E-state index is 12.0. The minimum atomic E-state index is 0. The predicted molar refractivity (Wildman–Crippen MR) is 103 cm³/mol. The molecule has 1 aliphatic rings. The van der Waals surface area contributed by atoms with Crippen LogP contribution < -0.4 is 11.1 Å². The summed E-state index contributed by atoms with van der Waals surface area (Å²) in [6.07, 6.45) is 1.17. The van der Waals surface area contributed by atoms with Gasteiger partial charge < -0.3 is 15.8 Å². The first-order valence-electron chi connectivity index (χ1n) is 7.99. The molecule has 1 heterocycles. The van der Waals surface area contributed by atoms with Gasteiger partial charge in [-0.05, 0) is 37.5 Å². The number of halogens is 2.